The van der Waals surface area contributed by atoms with Crippen LogP contribution >= 0.6 is 11.6 Å². The second kappa shape index (κ2) is 10.2. The molecule has 0 spiro atoms. The third-order valence-electron chi connectivity index (χ3n) is 5.38. The smallest absolute Gasteiger partial charge is 0.338 e. The highest BCUT2D eigenvalue weighted by Crippen LogP contribution is 2.36. The molecule has 0 aliphatic carbocycles. The van der Waals surface area contributed by atoms with Gasteiger partial charge in [-0.25, -0.2) is 9.18 Å². The summed E-state index contributed by atoms with van der Waals surface area (Å²) in [5, 5.41) is 6.85. The van der Waals surface area contributed by atoms with Crippen LogP contribution in [0.15, 0.2) is 58.9 Å². The molecule has 2 N–H and O–H groups in total. The molecule has 9 heteroatoms. The van der Waals surface area contributed by atoms with Gasteiger partial charge in [0.1, 0.15) is 17.6 Å². The first kappa shape index (κ1) is 22.4. The average Bonchev–Trinajstić information content (AvgIpc) is 2.80. The minimum atomic E-state index is -0.752. The first-order valence-corrected chi connectivity index (χ1v) is 11.0. The van der Waals surface area contributed by atoms with E-state index in [0.717, 1.165) is 26.2 Å². The van der Waals surface area contributed by atoms with Crippen molar-refractivity contribution >= 4 is 23.4 Å². The van der Waals surface area contributed by atoms with Crippen molar-refractivity contribution in [2.24, 2.45) is 4.99 Å². The number of esters is 1. The Kier molecular flexibility index (Phi) is 7.14. The number of halogens is 2. The van der Waals surface area contributed by atoms with Crippen LogP contribution in [0.4, 0.5) is 4.39 Å². The van der Waals surface area contributed by atoms with Crippen LogP contribution in [0.25, 0.3) is 0 Å². The fourth-order valence-corrected chi connectivity index (χ4v) is 4.11. The molecule has 1 atom stereocenters. The standard InChI is InChI=1S/C23H25ClFN5O2/c1-2-32-23(31)20-19(14-30-11-9-26-10-12-30)28-22(18-5-3-4-8-27-18)29-21(20)16-7-6-15(25)13-17(16)24/h3-8,13,21,26H,2,9-12,14H2,1H3,(H,28,29). The van der Waals surface area contributed by atoms with E-state index in [9.17, 15) is 9.18 Å². The molecule has 168 valence electrons. The molecule has 1 unspecified atom stereocenters. The molecule has 4 rings (SSSR count). The van der Waals surface area contributed by atoms with Crippen molar-refractivity contribution in [1.82, 2.24) is 20.5 Å². The number of carbonyl (C=O) groups excluding carboxylic acids is 1. The van der Waals surface area contributed by atoms with Crippen LogP contribution < -0.4 is 10.6 Å². The molecule has 3 heterocycles. The van der Waals surface area contributed by atoms with E-state index in [-0.39, 0.29) is 11.6 Å². The lowest BCUT2D eigenvalue weighted by molar-refractivity contribution is -0.139. The molecule has 1 aromatic carbocycles. The van der Waals surface area contributed by atoms with Gasteiger partial charge >= 0.3 is 5.97 Å². The summed E-state index contributed by atoms with van der Waals surface area (Å²) in [5.41, 5.74) is 2.23. The van der Waals surface area contributed by atoms with Gasteiger partial charge < -0.3 is 15.4 Å². The molecule has 32 heavy (non-hydrogen) atoms. The third-order valence-corrected chi connectivity index (χ3v) is 5.70. The highest BCUT2D eigenvalue weighted by atomic mass is 35.5. The summed E-state index contributed by atoms with van der Waals surface area (Å²) in [6.07, 6.45) is 1.68. The number of rotatable bonds is 6. The van der Waals surface area contributed by atoms with Crippen molar-refractivity contribution in [2.75, 3.05) is 39.3 Å². The quantitative estimate of drug-likeness (QED) is 0.649. The largest absolute Gasteiger partial charge is 0.463 e. The number of ether oxygens (including phenoxy) is 1. The van der Waals surface area contributed by atoms with E-state index in [1.54, 1.807) is 19.2 Å². The van der Waals surface area contributed by atoms with Gasteiger partial charge in [0, 0.05) is 55.2 Å². The molecule has 0 saturated carbocycles. The van der Waals surface area contributed by atoms with Crippen LogP contribution in [0.1, 0.15) is 24.2 Å². The number of hydrogen-bond donors (Lipinski definition) is 2. The molecule has 2 aromatic rings. The summed E-state index contributed by atoms with van der Waals surface area (Å²) in [4.78, 5) is 24.5. The van der Waals surface area contributed by atoms with E-state index in [4.69, 9.17) is 21.3 Å². The van der Waals surface area contributed by atoms with E-state index >= 15 is 0 Å². The van der Waals surface area contributed by atoms with Gasteiger partial charge in [-0.3, -0.25) is 14.9 Å². The number of carbonyl (C=O) groups is 1. The number of pyridine rings is 1. The van der Waals surface area contributed by atoms with Gasteiger partial charge in [-0.05, 0) is 31.2 Å². The molecule has 1 aromatic heterocycles. The first-order valence-electron chi connectivity index (χ1n) is 10.6. The number of piperazine rings is 1. The third kappa shape index (κ3) is 4.98. The number of amidine groups is 1. The summed E-state index contributed by atoms with van der Waals surface area (Å²) >= 11 is 6.40. The van der Waals surface area contributed by atoms with E-state index < -0.39 is 17.8 Å². The normalized spacial score (nSPS) is 19.3. The lowest BCUT2D eigenvalue weighted by atomic mass is 9.94. The topological polar surface area (TPSA) is 78.9 Å². The van der Waals surface area contributed by atoms with Crippen molar-refractivity contribution in [3.8, 4) is 0 Å². The number of nitrogens with zero attached hydrogens (tertiary/aromatic N) is 3. The van der Waals surface area contributed by atoms with Crippen molar-refractivity contribution < 1.29 is 13.9 Å². The van der Waals surface area contributed by atoms with Crippen LogP contribution in [-0.2, 0) is 9.53 Å². The van der Waals surface area contributed by atoms with E-state index in [1.807, 2.05) is 18.2 Å². The number of nitrogens with one attached hydrogen (secondary N) is 2. The Labute approximate surface area is 191 Å². The Morgan fingerprint density at radius 1 is 1.28 bits per heavy atom. The minimum Gasteiger partial charge on any atom is -0.463 e. The lowest BCUT2D eigenvalue weighted by Crippen LogP contribution is -2.47. The van der Waals surface area contributed by atoms with Crippen LogP contribution in [0, 0.1) is 5.82 Å². The number of benzene rings is 1. The maximum absolute atomic E-state index is 13.8. The second-order valence-electron chi connectivity index (χ2n) is 7.52. The Hall–Kier alpha value is -2.81. The first-order chi connectivity index (χ1) is 15.6. The number of aliphatic imine (C=N–C) groups is 1. The van der Waals surface area contributed by atoms with Gasteiger partial charge in [-0.15, -0.1) is 0 Å². The van der Waals surface area contributed by atoms with Crippen LogP contribution in [0.3, 0.4) is 0 Å². The summed E-state index contributed by atoms with van der Waals surface area (Å²) in [5.74, 6) is -0.405. The van der Waals surface area contributed by atoms with Crippen LogP contribution in [-0.4, -0.2) is 61.0 Å². The zero-order valence-electron chi connectivity index (χ0n) is 17.8. The van der Waals surface area contributed by atoms with Crippen LogP contribution in [0.2, 0.25) is 5.02 Å². The molecule has 0 amide bonds. The monoisotopic (exact) mass is 457 g/mol. The second-order valence-corrected chi connectivity index (χ2v) is 7.93. The summed E-state index contributed by atoms with van der Waals surface area (Å²) < 4.78 is 19.1. The van der Waals surface area contributed by atoms with Crippen molar-refractivity contribution in [1.29, 1.82) is 0 Å². The average molecular weight is 458 g/mol. The maximum atomic E-state index is 13.8. The molecule has 1 fully saturated rings. The van der Waals surface area contributed by atoms with Crippen molar-refractivity contribution in [3.63, 3.8) is 0 Å². The predicted molar refractivity (Wildman–Crippen MR) is 121 cm³/mol. The van der Waals surface area contributed by atoms with Gasteiger partial charge in [0.2, 0.25) is 0 Å². The van der Waals surface area contributed by atoms with E-state index in [2.05, 4.69) is 20.5 Å². The molecular formula is C23H25ClFN5O2. The predicted octanol–water partition coefficient (Wildman–Crippen LogP) is 2.69. The number of hydrogen-bond acceptors (Lipinski definition) is 7. The van der Waals surface area contributed by atoms with E-state index in [0.29, 0.717) is 34.9 Å². The molecule has 1 saturated heterocycles. The van der Waals surface area contributed by atoms with Gasteiger partial charge in [-0.1, -0.05) is 23.7 Å². The van der Waals surface area contributed by atoms with Gasteiger partial charge in [0.15, 0.2) is 5.84 Å². The minimum absolute atomic E-state index is 0.198. The molecular weight excluding hydrogens is 433 g/mol. The Bertz CT molecular complexity index is 1040. The summed E-state index contributed by atoms with van der Waals surface area (Å²) in [6.45, 7) is 5.93. The highest BCUT2D eigenvalue weighted by Gasteiger charge is 2.34. The van der Waals surface area contributed by atoms with E-state index in [1.165, 1.54) is 12.1 Å². The molecule has 2 aliphatic rings. The zero-order chi connectivity index (χ0) is 22.5. The van der Waals surface area contributed by atoms with Crippen molar-refractivity contribution in [2.45, 2.75) is 13.0 Å². The van der Waals surface area contributed by atoms with Gasteiger partial charge in [0.05, 0.1) is 12.2 Å². The molecule has 7 nitrogen and oxygen atoms in total. The molecule has 0 bridgehead atoms. The SMILES string of the molecule is CCOC(=O)C1=C(CN2CCNCC2)NC(c2ccccn2)=NC1c1ccc(F)cc1Cl. The van der Waals surface area contributed by atoms with Gasteiger partial charge in [0.25, 0.3) is 0 Å². The fraction of sp³-hybridized carbons (Fsp3) is 0.348. The number of aromatic nitrogens is 1. The Morgan fingerprint density at radius 3 is 2.78 bits per heavy atom. The van der Waals surface area contributed by atoms with Crippen molar-refractivity contribution in [3.05, 3.63) is 76.0 Å². The van der Waals surface area contributed by atoms with Crippen LogP contribution in [0.5, 0.6) is 0 Å². The summed E-state index contributed by atoms with van der Waals surface area (Å²) in [6, 6.07) is 8.89. The molecule has 0 radical (unpaired) electrons. The Morgan fingerprint density at radius 2 is 2.09 bits per heavy atom. The highest BCUT2D eigenvalue weighted by molar-refractivity contribution is 6.31. The fourth-order valence-electron chi connectivity index (χ4n) is 3.84. The lowest BCUT2D eigenvalue weighted by Gasteiger charge is -2.33. The maximum Gasteiger partial charge on any atom is 0.338 e. The Balaban J connectivity index is 1.82. The molecule has 2 aliphatic heterocycles. The summed E-state index contributed by atoms with van der Waals surface area (Å²) in [7, 11) is 0. The van der Waals surface area contributed by atoms with Gasteiger partial charge in [-0.2, -0.15) is 0 Å². The zero-order valence-corrected chi connectivity index (χ0v) is 18.5.